The minimum Gasteiger partial charge on any atom is -0.244 e. The molecule has 0 bridgehead atoms. The van der Waals surface area contributed by atoms with Crippen molar-refractivity contribution in [1.29, 1.82) is 0 Å². The molecule has 5 heteroatoms. The van der Waals surface area contributed by atoms with E-state index in [9.17, 15) is 4.79 Å². The highest BCUT2D eigenvalue weighted by Crippen LogP contribution is 2.32. The Morgan fingerprint density at radius 3 is 3.00 bits per heavy atom. The third-order valence-corrected chi connectivity index (χ3v) is 3.79. The van der Waals surface area contributed by atoms with Gasteiger partial charge < -0.3 is 0 Å². The normalized spacial score (nSPS) is 18.3. The number of halogens is 1. The van der Waals surface area contributed by atoms with E-state index in [0.29, 0.717) is 10.5 Å². The second-order valence-electron chi connectivity index (χ2n) is 4.90. The van der Waals surface area contributed by atoms with Crippen molar-refractivity contribution in [3.63, 3.8) is 0 Å². The molecule has 1 aliphatic heterocycles. The Morgan fingerprint density at radius 1 is 1.47 bits per heavy atom. The van der Waals surface area contributed by atoms with Crippen LogP contribution in [0.5, 0.6) is 0 Å². The van der Waals surface area contributed by atoms with E-state index in [4.69, 9.17) is 11.6 Å². The number of benzene rings is 1. The lowest BCUT2D eigenvalue weighted by Crippen LogP contribution is -2.29. The molecule has 4 nitrogen and oxygen atoms in total. The molecule has 2 heterocycles. The molecule has 1 aliphatic rings. The number of nitrogens with zero attached hydrogens (tertiary/aromatic N) is 3. The molecule has 3 rings (SSSR count). The summed E-state index contributed by atoms with van der Waals surface area (Å²) >= 11 is 6.07. The number of aromatic nitrogens is 2. The van der Waals surface area contributed by atoms with Gasteiger partial charge in [-0.1, -0.05) is 18.5 Å². The highest BCUT2D eigenvalue weighted by Gasteiger charge is 2.24. The van der Waals surface area contributed by atoms with Crippen LogP contribution in [0.1, 0.15) is 38.3 Å². The van der Waals surface area contributed by atoms with Gasteiger partial charge in [-0.25, -0.2) is 4.79 Å². The van der Waals surface area contributed by atoms with Crippen LogP contribution >= 0.6 is 11.6 Å². The van der Waals surface area contributed by atoms with E-state index in [0.717, 1.165) is 29.6 Å². The minimum atomic E-state index is -0.317. The maximum Gasteiger partial charge on any atom is 0.369 e. The fourth-order valence-electron chi connectivity index (χ4n) is 2.67. The molecule has 1 aromatic heterocycles. The molecular formula is C14H14ClN3O. The lowest BCUT2D eigenvalue weighted by atomic mass is 9.92. The van der Waals surface area contributed by atoms with E-state index in [1.54, 1.807) is 12.1 Å². The van der Waals surface area contributed by atoms with Gasteiger partial charge in [-0.2, -0.15) is 14.8 Å². The van der Waals surface area contributed by atoms with Gasteiger partial charge in [0.15, 0.2) is 0 Å². The summed E-state index contributed by atoms with van der Waals surface area (Å²) in [6.07, 6.45) is 1.83. The van der Waals surface area contributed by atoms with E-state index < -0.39 is 0 Å². The van der Waals surface area contributed by atoms with Crippen LogP contribution in [-0.4, -0.2) is 15.4 Å². The van der Waals surface area contributed by atoms with Crippen LogP contribution in [0.15, 0.2) is 28.1 Å². The molecule has 1 atom stereocenters. The highest BCUT2D eigenvalue weighted by atomic mass is 35.5. The lowest BCUT2D eigenvalue weighted by molar-refractivity contribution is 0.581. The van der Waals surface area contributed by atoms with Crippen molar-refractivity contribution in [3.05, 3.63) is 39.4 Å². The molecule has 1 aromatic carbocycles. The van der Waals surface area contributed by atoms with Crippen molar-refractivity contribution in [2.75, 3.05) is 0 Å². The van der Waals surface area contributed by atoms with Gasteiger partial charge in [-0.3, -0.25) is 0 Å². The van der Waals surface area contributed by atoms with Crippen molar-refractivity contribution < 1.29 is 0 Å². The summed E-state index contributed by atoms with van der Waals surface area (Å²) in [6.45, 7) is 4.06. The van der Waals surface area contributed by atoms with E-state index >= 15 is 0 Å². The maximum atomic E-state index is 12.1. The predicted octanol–water partition coefficient (Wildman–Crippen LogP) is 3.17. The molecule has 98 valence electrons. The second kappa shape index (κ2) is 4.46. The molecular weight excluding hydrogens is 262 g/mol. The molecule has 0 spiro atoms. The van der Waals surface area contributed by atoms with Crippen molar-refractivity contribution in [1.82, 2.24) is 9.66 Å². The van der Waals surface area contributed by atoms with Gasteiger partial charge >= 0.3 is 5.69 Å². The topological polar surface area (TPSA) is 47.2 Å². The Bertz CT molecular complexity index is 748. The summed E-state index contributed by atoms with van der Waals surface area (Å²) in [5.41, 5.74) is 2.27. The van der Waals surface area contributed by atoms with Gasteiger partial charge in [0.05, 0.1) is 11.2 Å². The number of rotatable bonds is 1. The van der Waals surface area contributed by atoms with Crippen molar-refractivity contribution in [3.8, 4) is 0 Å². The van der Waals surface area contributed by atoms with E-state index in [-0.39, 0.29) is 11.6 Å². The summed E-state index contributed by atoms with van der Waals surface area (Å²) < 4.78 is 1.44. The Labute approximate surface area is 115 Å². The summed E-state index contributed by atoms with van der Waals surface area (Å²) in [7, 11) is 0. The van der Waals surface area contributed by atoms with Crippen molar-refractivity contribution in [2.45, 2.75) is 32.6 Å². The first kappa shape index (κ1) is 12.4. The molecule has 19 heavy (non-hydrogen) atoms. The zero-order valence-corrected chi connectivity index (χ0v) is 11.6. The fraction of sp³-hybridized carbons (Fsp3) is 0.357. The zero-order chi connectivity index (χ0) is 13.6. The van der Waals surface area contributed by atoms with Gasteiger partial charge in [0.25, 0.3) is 0 Å². The molecule has 0 saturated carbocycles. The monoisotopic (exact) mass is 275 g/mol. The molecule has 0 N–H and O–H groups in total. The molecule has 0 amide bonds. The van der Waals surface area contributed by atoms with Crippen LogP contribution in [0.2, 0.25) is 5.02 Å². The first-order valence-corrected chi connectivity index (χ1v) is 6.74. The van der Waals surface area contributed by atoms with Gasteiger partial charge in [0.2, 0.25) is 0 Å². The molecule has 2 aromatic rings. The van der Waals surface area contributed by atoms with Crippen LogP contribution in [0.25, 0.3) is 10.9 Å². The van der Waals surface area contributed by atoms with Gasteiger partial charge in [0.1, 0.15) is 0 Å². The summed E-state index contributed by atoms with van der Waals surface area (Å²) in [4.78, 5) is 16.2. The quantitative estimate of drug-likeness (QED) is 0.802. The number of hydrogen-bond donors (Lipinski definition) is 0. The average molecular weight is 276 g/mol. The third kappa shape index (κ3) is 1.96. The van der Waals surface area contributed by atoms with Crippen LogP contribution in [0, 0.1) is 0 Å². The van der Waals surface area contributed by atoms with E-state index in [1.807, 2.05) is 13.0 Å². The highest BCUT2D eigenvalue weighted by molar-refractivity contribution is 6.31. The molecule has 0 aliphatic carbocycles. The largest absolute Gasteiger partial charge is 0.369 e. The fourth-order valence-corrected chi connectivity index (χ4v) is 2.84. The summed E-state index contributed by atoms with van der Waals surface area (Å²) in [6, 6.07) is 5.41. The van der Waals surface area contributed by atoms with Gasteiger partial charge in [-0.15, -0.1) is 0 Å². The number of hydrogen-bond acceptors (Lipinski definition) is 3. The first-order chi connectivity index (χ1) is 9.10. The predicted molar refractivity (Wildman–Crippen MR) is 77.2 cm³/mol. The van der Waals surface area contributed by atoms with Crippen LogP contribution in [0.4, 0.5) is 0 Å². The molecule has 0 saturated heterocycles. The molecule has 1 unspecified atom stereocenters. The van der Waals surface area contributed by atoms with Crippen molar-refractivity contribution >= 4 is 28.2 Å². The minimum absolute atomic E-state index is 0.286. The third-order valence-electron chi connectivity index (χ3n) is 3.55. The lowest BCUT2D eigenvalue weighted by Gasteiger charge is -2.24. The first-order valence-electron chi connectivity index (χ1n) is 6.37. The van der Waals surface area contributed by atoms with E-state index in [2.05, 4.69) is 17.0 Å². The van der Waals surface area contributed by atoms with Crippen LogP contribution in [-0.2, 0) is 0 Å². The Morgan fingerprint density at radius 2 is 2.26 bits per heavy atom. The Kier molecular flexibility index (Phi) is 2.90. The van der Waals surface area contributed by atoms with Gasteiger partial charge in [-0.05, 0) is 38.0 Å². The zero-order valence-electron chi connectivity index (χ0n) is 10.9. The van der Waals surface area contributed by atoms with Gasteiger partial charge in [0, 0.05) is 22.0 Å². The standard InChI is InChI=1S/C14H14ClN3O/c1-3-9-6-8(2)17-18-13(9)11-7-10(15)4-5-12(11)16-14(18)19/h4-5,7,9H,3,6H2,1-2H3. The molecule has 0 radical (unpaired) electrons. The SMILES string of the molecule is CCC1CC(C)=Nn2c1c1cc(Cl)ccc1nc2=O. The number of fused-ring (bicyclic) bond motifs is 3. The Balaban J connectivity index is 2.45. The second-order valence-corrected chi connectivity index (χ2v) is 5.33. The summed E-state index contributed by atoms with van der Waals surface area (Å²) in [5.74, 6) is 0.286. The van der Waals surface area contributed by atoms with Crippen molar-refractivity contribution in [2.24, 2.45) is 5.10 Å². The smallest absolute Gasteiger partial charge is 0.244 e. The maximum absolute atomic E-state index is 12.1. The molecule has 0 fully saturated rings. The van der Waals surface area contributed by atoms with Crippen LogP contribution in [0.3, 0.4) is 0 Å². The van der Waals surface area contributed by atoms with Crippen LogP contribution < -0.4 is 5.69 Å². The summed E-state index contributed by atoms with van der Waals surface area (Å²) in [5, 5.41) is 5.91. The average Bonchev–Trinajstić information content (AvgIpc) is 2.39. The Hall–Kier alpha value is -1.68. The van der Waals surface area contributed by atoms with E-state index in [1.165, 1.54) is 4.68 Å².